The highest BCUT2D eigenvalue weighted by atomic mass is 16.7. The zero-order valence-electron chi connectivity index (χ0n) is 42.0. The molecule has 0 saturated carbocycles. The van der Waals surface area contributed by atoms with Gasteiger partial charge < -0.3 is 66.3 Å². The summed E-state index contributed by atoms with van der Waals surface area (Å²) >= 11 is 0. The maximum atomic E-state index is 14.7. The van der Waals surface area contributed by atoms with E-state index >= 15 is 0 Å². The quantitative estimate of drug-likeness (QED) is 0.0478. The van der Waals surface area contributed by atoms with Gasteiger partial charge in [-0.1, -0.05) is 48.2 Å². The van der Waals surface area contributed by atoms with E-state index in [0.717, 1.165) is 0 Å². The Hall–Kier alpha value is -7.16. The highest BCUT2D eigenvalue weighted by molar-refractivity contribution is 5.92. The first-order chi connectivity index (χ1) is 34.3. The minimum Gasteiger partial charge on any atom is -0.493 e. The van der Waals surface area contributed by atoms with Crippen LogP contribution < -0.4 is 37.9 Å². The Morgan fingerprint density at radius 2 is 0.887 bits per heavy atom. The molecule has 71 heavy (non-hydrogen) atoms. The number of methoxy groups -OCH3 is 8. The summed E-state index contributed by atoms with van der Waals surface area (Å²) in [5.74, 6) is 8.48. The molecular weight excluding hydrogens is 917 g/mol. The molecule has 0 aliphatic carbocycles. The second-order valence-corrected chi connectivity index (χ2v) is 17.1. The molecule has 1 heterocycles. The molecule has 0 amide bonds. The molecule has 1 aliphatic heterocycles. The van der Waals surface area contributed by atoms with Gasteiger partial charge in [0.15, 0.2) is 52.1 Å². The summed E-state index contributed by atoms with van der Waals surface area (Å²) in [5, 5.41) is 0. The van der Waals surface area contributed by atoms with Crippen LogP contribution in [-0.4, -0.2) is 99.5 Å². The number of benzene rings is 5. The van der Waals surface area contributed by atoms with Crippen molar-refractivity contribution in [1.29, 1.82) is 0 Å². The van der Waals surface area contributed by atoms with Gasteiger partial charge in [-0.3, -0.25) is 0 Å². The van der Waals surface area contributed by atoms with Crippen LogP contribution in [0.2, 0.25) is 0 Å². The maximum Gasteiger partial charge on any atom is 0.341 e. The minimum absolute atomic E-state index is 0.0727. The van der Waals surface area contributed by atoms with E-state index in [1.807, 2.05) is 26.8 Å². The average molecular weight is 979 g/mol. The third-order valence-electron chi connectivity index (χ3n) is 11.2. The summed E-state index contributed by atoms with van der Waals surface area (Å²) in [6.45, 7) is 5.45. The molecule has 0 N–H and O–H groups in total. The summed E-state index contributed by atoms with van der Waals surface area (Å²) in [6, 6.07) is 27.8. The van der Waals surface area contributed by atoms with E-state index in [0.29, 0.717) is 73.8 Å². The molecule has 16 nitrogen and oxygen atoms in total. The molecule has 0 spiro atoms. The summed E-state index contributed by atoms with van der Waals surface area (Å²) in [4.78, 5) is 29.3. The highest BCUT2D eigenvalue weighted by Gasteiger charge is 2.53. The van der Waals surface area contributed by atoms with Gasteiger partial charge >= 0.3 is 11.9 Å². The van der Waals surface area contributed by atoms with Gasteiger partial charge in [-0.15, -0.1) is 0 Å². The first-order valence-corrected chi connectivity index (χ1v) is 22.6. The van der Waals surface area contributed by atoms with Crippen LogP contribution in [0.15, 0.2) is 97.1 Å². The Morgan fingerprint density at radius 3 is 1.31 bits per heavy atom. The molecule has 1 saturated heterocycles. The van der Waals surface area contributed by atoms with Crippen LogP contribution in [0.4, 0.5) is 0 Å². The van der Waals surface area contributed by atoms with Crippen molar-refractivity contribution in [1.82, 2.24) is 0 Å². The first kappa shape index (κ1) is 53.2. The van der Waals surface area contributed by atoms with Crippen LogP contribution in [0.1, 0.15) is 58.9 Å². The van der Waals surface area contributed by atoms with Crippen LogP contribution in [0, 0.1) is 17.3 Å². The Kier molecular flexibility index (Phi) is 18.8. The molecule has 16 heteroatoms. The van der Waals surface area contributed by atoms with Crippen molar-refractivity contribution in [2.45, 2.75) is 77.9 Å². The van der Waals surface area contributed by atoms with Crippen LogP contribution in [0.3, 0.4) is 0 Å². The molecule has 5 atom stereocenters. The molecule has 1 aliphatic rings. The second-order valence-electron chi connectivity index (χ2n) is 17.1. The topological polar surface area (TPSA) is 163 Å². The Morgan fingerprint density at radius 1 is 0.493 bits per heavy atom. The van der Waals surface area contributed by atoms with Gasteiger partial charge in [-0.2, -0.15) is 0 Å². The van der Waals surface area contributed by atoms with E-state index in [-0.39, 0.29) is 37.4 Å². The number of rotatable bonds is 22. The van der Waals surface area contributed by atoms with Crippen molar-refractivity contribution in [2.75, 3.05) is 56.9 Å². The van der Waals surface area contributed by atoms with Crippen LogP contribution >= 0.6 is 0 Å². The number of hydrogen-bond donors (Lipinski definition) is 0. The van der Waals surface area contributed by atoms with Gasteiger partial charge in [0, 0.05) is 11.0 Å². The van der Waals surface area contributed by atoms with E-state index < -0.39 is 42.6 Å². The lowest BCUT2D eigenvalue weighted by atomic mass is 9.96. The number of hydrogen-bond acceptors (Lipinski definition) is 16. The smallest absolute Gasteiger partial charge is 0.341 e. The van der Waals surface area contributed by atoms with E-state index in [1.165, 1.54) is 56.9 Å². The van der Waals surface area contributed by atoms with Crippen molar-refractivity contribution in [3.63, 3.8) is 0 Å². The Bertz CT molecular complexity index is 2650. The first-order valence-electron chi connectivity index (χ1n) is 22.6. The minimum atomic E-state index is -1.61. The molecule has 5 aromatic carbocycles. The molecule has 0 radical (unpaired) electrons. The molecule has 378 valence electrons. The summed E-state index contributed by atoms with van der Waals surface area (Å²) in [6.07, 6.45) is -6.96. The van der Waals surface area contributed by atoms with Gasteiger partial charge in [0.05, 0.1) is 82.3 Å². The third kappa shape index (κ3) is 13.8. The molecule has 0 bridgehead atoms. The van der Waals surface area contributed by atoms with Gasteiger partial charge in [0.2, 0.25) is 6.29 Å². The highest BCUT2D eigenvalue weighted by Crippen LogP contribution is 2.36. The molecule has 1 fully saturated rings. The van der Waals surface area contributed by atoms with Crippen molar-refractivity contribution >= 4 is 11.9 Å². The van der Waals surface area contributed by atoms with Gasteiger partial charge in [0.25, 0.3) is 0 Å². The summed E-state index contributed by atoms with van der Waals surface area (Å²) in [5.41, 5.74) is 2.78. The monoisotopic (exact) mass is 978 g/mol. The average Bonchev–Trinajstić information content (AvgIpc) is 3.39. The molecule has 0 aromatic heterocycles. The number of carbonyl (C=O) groups excluding carboxylic acids is 2. The molecule has 0 unspecified atom stereocenters. The summed E-state index contributed by atoms with van der Waals surface area (Å²) < 4.78 is 83.5. The standard InChI is InChI=1S/C55H62O16/c1-55(2,3)25-24-38-14-12-13-15-39(38)52(56)71-54-51(68-32-36-18-22-42(60-6)46(28-36)64-10)49(67-31-35-17-21-41(59-5)45(27-35)63-9)48(66-30-34-16-20-40(58-4)44(26-34)62-8)50(70-54)53(57)69-33-37-19-23-43(61-7)47(29-37)65-11/h12-23,26-29,48-51,54H,30-33H2,1-11H3/t48-,49-,50-,51+,54+/m0/s1. The number of ether oxygens (including phenoxy) is 14. The zero-order chi connectivity index (χ0) is 51.1. The molecule has 6 rings (SSSR count). The predicted molar refractivity (Wildman–Crippen MR) is 261 cm³/mol. The van der Waals surface area contributed by atoms with Gasteiger partial charge in [-0.25, -0.2) is 9.59 Å². The second kappa shape index (κ2) is 25.1. The number of carbonyl (C=O) groups is 2. The van der Waals surface area contributed by atoms with Crippen molar-refractivity contribution in [3.05, 3.63) is 130 Å². The SMILES string of the molecule is COc1ccc(COC(=O)[C@H]2O[C@H](OC(=O)c3ccccc3C#CC(C)(C)C)[C@H](OCc3ccc(OC)c(OC)c3)[C@@H](OCc3ccc(OC)c(OC)c3)[C@@H]2OCc2ccc(OC)c(OC)c2)cc1OC. The van der Waals surface area contributed by atoms with Crippen LogP contribution in [0.5, 0.6) is 46.0 Å². The van der Waals surface area contributed by atoms with Crippen molar-refractivity contribution in [3.8, 4) is 57.8 Å². The van der Waals surface area contributed by atoms with Crippen molar-refractivity contribution < 1.29 is 75.9 Å². The van der Waals surface area contributed by atoms with Crippen molar-refractivity contribution in [2.24, 2.45) is 5.41 Å². The lowest BCUT2D eigenvalue weighted by molar-refractivity contribution is -0.308. The Labute approximate surface area is 415 Å². The molecule has 5 aromatic rings. The van der Waals surface area contributed by atoms with E-state index in [2.05, 4.69) is 11.8 Å². The van der Waals surface area contributed by atoms with E-state index in [1.54, 1.807) is 91.0 Å². The molecular formula is C55H62O16. The lowest BCUT2D eigenvalue weighted by Crippen LogP contribution is -2.63. The summed E-state index contributed by atoms with van der Waals surface area (Å²) in [7, 11) is 12.2. The van der Waals surface area contributed by atoms with Gasteiger partial charge in [0.1, 0.15) is 24.9 Å². The van der Waals surface area contributed by atoms with Crippen LogP contribution in [-0.2, 0) is 59.6 Å². The lowest BCUT2D eigenvalue weighted by Gasteiger charge is -2.44. The van der Waals surface area contributed by atoms with Gasteiger partial charge in [-0.05, 0) is 104 Å². The fourth-order valence-corrected chi connectivity index (χ4v) is 7.53. The fourth-order valence-electron chi connectivity index (χ4n) is 7.53. The normalized spacial score (nSPS) is 17.4. The third-order valence-corrected chi connectivity index (χ3v) is 11.2. The predicted octanol–water partition coefficient (Wildman–Crippen LogP) is 8.53. The zero-order valence-corrected chi connectivity index (χ0v) is 42.0. The maximum absolute atomic E-state index is 14.7. The van der Waals surface area contributed by atoms with E-state index in [9.17, 15) is 9.59 Å². The van der Waals surface area contributed by atoms with Crippen LogP contribution in [0.25, 0.3) is 0 Å². The largest absolute Gasteiger partial charge is 0.493 e. The van der Waals surface area contributed by atoms with E-state index in [4.69, 9.17) is 66.3 Å². The Balaban J connectivity index is 1.47. The number of esters is 2. The fraction of sp³-hybridized carbons (Fsp3) is 0.382.